The summed E-state index contributed by atoms with van der Waals surface area (Å²) >= 11 is 0. The van der Waals surface area contributed by atoms with Gasteiger partial charge in [-0.15, -0.1) is 0 Å². The quantitative estimate of drug-likeness (QED) is 0.673. The summed E-state index contributed by atoms with van der Waals surface area (Å²) in [5.41, 5.74) is 3.04. The van der Waals surface area contributed by atoms with Gasteiger partial charge in [-0.05, 0) is 48.7 Å². The van der Waals surface area contributed by atoms with Crippen LogP contribution in [0.5, 0.6) is 11.5 Å². The van der Waals surface area contributed by atoms with Crippen molar-refractivity contribution in [3.05, 3.63) is 72.1 Å². The molecule has 1 unspecified atom stereocenters. The average Bonchev–Trinajstić information content (AvgIpc) is 3.50. The molecule has 0 saturated carbocycles. The van der Waals surface area contributed by atoms with Gasteiger partial charge in [-0.2, -0.15) is 5.10 Å². The molecule has 2 amide bonds. The molecular weight excluding hydrogens is 380 g/mol. The van der Waals surface area contributed by atoms with Crippen molar-refractivity contribution in [3.8, 4) is 17.2 Å². The van der Waals surface area contributed by atoms with E-state index in [1.54, 1.807) is 25.1 Å². The molecule has 1 saturated heterocycles. The number of ether oxygens (including phenoxy) is 2. The fourth-order valence-corrected chi connectivity index (χ4v) is 3.89. The van der Waals surface area contributed by atoms with E-state index >= 15 is 0 Å². The Morgan fingerprint density at radius 3 is 2.70 bits per heavy atom. The molecule has 2 aromatic carbocycles. The van der Waals surface area contributed by atoms with Crippen LogP contribution in [0.25, 0.3) is 5.69 Å². The molecule has 0 bridgehead atoms. The number of urea groups is 1. The standard InChI is InChI=1S/C23H26N4O3/c1-29-19-10-11-20(22(15-19)30-2)21-5-3-13-26(21)23(28)24-16-17-6-8-18(9-7-17)27-14-4-12-25-27/h4,6-12,14-15,21H,3,5,13,16H2,1-2H3,(H,24,28). The van der Waals surface area contributed by atoms with Crippen LogP contribution >= 0.6 is 0 Å². The molecule has 7 heteroatoms. The Morgan fingerprint density at radius 2 is 2.00 bits per heavy atom. The number of hydrogen-bond donors (Lipinski definition) is 1. The predicted molar refractivity (Wildman–Crippen MR) is 114 cm³/mol. The highest BCUT2D eigenvalue weighted by molar-refractivity contribution is 5.75. The summed E-state index contributed by atoms with van der Waals surface area (Å²) in [6.45, 7) is 1.20. The summed E-state index contributed by atoms with van der Waals surface area (Å²) in [5.74, 6) is 1.48. The molecule has 1 fully saturated rings. The first-order chi connectivity index (χ1) is 14.7. The first-order valence-corrected chi connectivity index (χ1v) is 10.0. The van der Waals surface area contributed by atoms with Gasteiger partial charge >= 0.3 is 6.03 Å². The van der Waals surface area contributed by atoms with E-state index in [1.165, 1.54) is 0 Å². The number of amides is 2. The molecule has 1 aliphatic rings. The largest absolute Gasteiger partial charge is 0.497 e. The van der Waals surface area contributed by atoms with Gasteiger partial charge in [-0.3, -0.25) is 0 Å². The molecule has 1 aliphatic heterocycles. The lowest BCUT2D eigenvalue weighted by Gasteiger charge is -2.26. The molecule has 0 aliphatic carbocycles. The maximum Gasteiger partial charge on any atom is 0.318 e. The van der Waals surface area contributed by atoms with E-state index in [1.807, 2.05) is 59.6 Å². The van der Waals surface area contributed by atoms with E-state index in [0.717, 1.165) is 47.7 Å². The molecule has 3 aromatic rings. The van der Waals surface area contributed by atoms with Crippen molar-refractivity contribution in [1.29, 1.82) is 0 Å². The van der Waals surface area contributed by atoms with E-state index in [-0.39, 0.29) is 12.1 Å². The molecular formula is C23H26N4O3. The Labute approximate surface area is 176 Å². The van der Waals surface area contributed by atoms with Crippen LogP contribution < -0.4 is 14.8 Å². The van der Waals surface area contributed by atoms with Gasteiger partial charge in [-0.25, -0.2) is 9.48 Å². The van der Waals surface area contributed by atoms with Gasteiger partial charge in [0, 0.05) is 37.1 Å². The summed E-state index contributed by atoms with van der Waals surface area (Å²) in [7, 11) is 3.27. The minimum Gasteiger partial charge on any atom is -0.497 e. The van der Waals surface area contributed by atoms with Crippen molar-refractivity contribution in [3.63, 3.8) is 0 Å². The zero-order valence-corrected chi connectivity index (χ0v) is 17.2. The molecule has 2 heterocycles. The van der Waals surface area contributed by atoms with E-state index in [4.69, 9.17) is 9.47 Å². The third kappa shape index (κ3) is 4.10. The van der Waals surface area contributed by atoms with E-state index in [2.05, 4.69) is 10.4 Å². The number of rotatable bonds is 6. The van der Waals surface area contributed by atoms with Gasteiger partial charge in [0.25, 0.3) is 0 Å². The number of aromatic nitrogens is 2. The smallest absolute Gasteiger partial charge is 0.318 e. The van der Waals surface area contributed by atoms with Gasteiger partial charge in [0.15, 0.2) is 0 Å². The molecule has 1 atom stereocenters. The fourth-order valence-electron chi connectivity index (χ4n) is 3.89. The molecule has 30 heavy (non-hydrogen) atoms. The molecule has 0 radical (unpaired) electrons. The van der Waals surface area contributed by atoms with Crippen LogP contribution in [0, 0.1) is 0 Å². The Kier molecular flexibility index (Phi) is 5.88. The first-order valence-electron chi connectivity index (χ1n) is 10.0. The minimum absolute atomic E-state index is 0.00644. The number of hydrogen-bond acceptors (Lipinski definition) is 4. The molecule has 156 valence electrons. The highest BCUT2D eigenvalue weighted by Gasteiger charge is 2.31. The monoisotopic (exact) mass is 406 g/mol. The molecule has 0 spiro atoms. The zero-order chi connectivity index (χ0) is 20.9. The number of methoxy groups -OCH3 is 2. The topological polar surface area (TPSA) is 68.6 Å². The van der Waals surface area contributed by atoms with Crippen LogP contribution in [0.4, 0.5) is 4.79 Å². The molecule has 4 rings (SSSR count). The van der Waals surface area contributed by atoms with Crippen molar-refractivity contribution in [2.45, 2.75) is 25.4 Å². The lowest BCUT2D eigenvalue weighted by Crippen LogP contribution is -2.39. The van der Waals surface area contributed by atoms with E-state index in [0.29, 0.717) is 6.54 Å². The Hall–Kier alpha value is -3.48. The molecule has 1 N–H and O–H groups in total. The van der Waals surface area contributed by atoms with Crippen LogP contribution in [0.15, 0.2) is 60.9 Å². The summed E-state index contributed by atoms with van der Waals surface area (Å²) in [6.07, 6.45) is 5.52. The van der Waals surface area contributed by atoms with Gasteiger partial charge in [-0.1, -0.05) is 12.1 Å². The second-order valence-corrected chi connectivity index (χ2v) is 7.24. The van der Waals surface area contributed by atoms with Gasteiger partial charge < -0.3 is 19.7 Å². The summed E-state index contributed by atoms with van der Waals surface area (Å²) in [5, 5.41) is 7.28. The van der Waals surface area contributed by atoms with Crippen molar-refractivity contribution in [2.75, 3.05) is 20.8 Å². The summed E-state index contributed by atoms with van der Waals surface area (Å²) < 4.78 is 12.6. The first kappa shape index (κ1) is 19.8. The van der Waals surface area contributed by atoms with Gasteiger partial charge in [0.2, 0.25) is 0 Å². The van der Waals surface area contributed by atoms with Crippen molar-refractivity contribution >= 4 is 6.03 Å². The van der Waals surface area contributed by atoms with Crippen molar-refractivity contribution < 1.29 is 14.3 Å². The average molecular weight is 406 g/mol. The number of nitrogens with one attached hydrogen (secondary N) is 1. The zero-order valence-electron chi connectivity index (χ0n) is 17.2. The van der Waals surface area contributed by atoms with Crippen LogP contribution in [0.1, 0.15) is 30.0 Å². The lowest BCUT2D eigenvalue weighted by molar-refractivity contribution is 0.191. The Balaban J connectivity index is 1.42. The number of carbonyl (C=O) groups is 1. The number of nitrogens with zero attached hydrogens (tertiary/aromatic N) is 3. The minimum atomic E-state index is -0.0634. The van der Waals surface area contributed by atoms with Crippen LogP contribution in [0.2, 0.25) is 0 Å². The Morgan fingerprint density at radius 1 is 1.17 bits per heavy atom. The SMILES string of the molecule is COc1ccc(C2CCCN2C(=O)NCc2ccc(-n3cccn3)cc2)c(OC)c1. The number of benzene rings is 2. The van der Waals surface area contributed by atoms with Crippen molar-refractivity contribution in [1.82, 2.24) is 20.0 Å². The normalized spacial score (nSPS) is 15.8. The fraction of sp³-hybridized carbons (Fsp3) is 0.304. The number of likely N-dealkylation sites (tertiary alicyclic amines) is 1. The van der Waals surface area contributed by atoms with E-state index < -0.39 is 0 Å². The van der Waals surface area contributed by atoms with Crippen LogP contribution in [-0.4, -0.2) is 41.5 Å². The predicted octanol–water partition coefficient (Wildman–Crippen LogP) is 3.94. The van der Waals surface area contributed by atoms with Gasteiger partial charge in [0.1, 0.15) is 11.5 Å². The van der Waals surface area contributed by atoms with E-state index in [9.17, 15) is 4.79 Å². The maximum atomic E-state index is 12.9. The highest BCUT2D eigenvalue weighted by atomic mass is 16.5. The third-order valence-corrected chi connectivity index (χ3v) is 5.46. The maximum absolute atomic E-state index is 12.9. The Bertz CT molecular complexity index is 986. The summed E-state index contributed by atoms with van der Waals surface area (Å²) in [4.78, 5) is 14.8. The van der Waals surface area contributed by atoms with Crippen LogP contribution in [-0.2, 0) is 6.54 Å². The molecule has 7 nitrogen and oxygen atoms in total. The second-order valence-electron chi connectivity index (χ2n) is 7.24. The van der Waals surface area contributed by atoms with Crippen molar-refractivity contribution in [2.24, 2.45) is 0 Å². The highest BCUT2D eigenvalue weighted by Crippen LogP contribution is 2.38. The second kappa shape index (κ2) is 8.90. The number of carbonyl (C=O) groups excluding carboxylic acids is 1. The molecule has 1 aromatic heterocycles. The van der Waals surface area contributed by atoms with Gasteiger partial charge in [0.05, 0.1) is 25.9 Å². The summed E-state index contributed by atoms with van der Waals surface area (Å²) in [6, 6.07) is 15.6. The lowest BCUT2D eigenvalue weighted by atomic mass is 10.0. The van der Waals surface area contributed by atoms with Crippen LogP contribution in [0.3, 0.4) is 0 Å². The third-order valence-electron chi connectivity index (χ3n) is 5.46.